The molecule has 3 N–H and O–H groups in total. The predicted molar refractivity (Wildman–Crippen MR) is 36.7 cm³/mol. The molecule has 0 aromatic carbocycles. The van der Waals surface area contributed by atoms with Gasteiger partial charge in [0, 0.05) is 5.38 Å². The molecule has 0 aliphatic heterocycles. The minimum absolute atomic E-state index is 0.0208. The topological polar surface area (TPSA) is 50.6 Å². The van der Waals surface area contributed by atoms with Crippen molar-refractivity contribution in [3.8, 4) is 5.75 Å². The Kier molecular flexibility index (Phi) is 1.29. The Morgan fingerprint density at radius 3 is 2.67 bits per heavy atom. The molecule has 0 amide bonds. The molecule has 1 rings (SSSR count). The lowest BCUT2D eigenvalue weighted by Gasteiger charge is -1.83. The molecule has 0 atom stereocenters. The van der Waals surface area contributed by atoms with Gasteiger partial charge < -0.3 is 10.8 Å². The fraction of sp³-hybridized carbons (Fsp3) is 0. The quantitative estimate of drug-likeness (QED) is 0.537. The number of hydrogen-bond donors (Lipinski definition) is 2. The monoisotopic (exact) mass is 140 g/mol. The molecule has 1 heterocycles. The molecule has 0 aliphatic carbocycles. The second-order valence-corrected chi connectivity index (χ2v) is 2.36. The molecular formula is C5H4N2OS. The van der Waals surface area contributed by atoms with Gasteiger partial charge in [-0.2, -0.15) is 0 Å². The van der Waals surface area contributed by atoms with E-state index in [1.807, 2.05) is 0 Å². The van der Waals surface area contributed by atoms with Crippen LogP contribution in [-0.4, -0.2) is 5.11 Å². The molecule has 0 radical (unpaired) electrons. The highest BCUT2D eigenvalue weighted by Gasteiger charge is 2.05. The Hall–Kier alpha value is -1.21. The molecule has 9 heavy (non-hydrogen) atoms. The molecule has 0 bridgehead atoms. The standard InChI is InChI=1S/C5H4N2OS/c1-7-4-3(8)2-9-5(4)6/h2,8H,6H2. The number of rotatable bonds is 0. The molecule has 3 nitrogen and oxygen atoms in total. The van der Waals surface area contributed by atoms with Crippen LogP contribution in [0.2, 0.25) is 0 Å². The van der Waals surface area contributed by atoms with Crippen LogP contribution in [0.1, 0.15) is 0 Å². The number of hydrogen-bond acceptors (Lipinski definition) is 3. The number of aromatic hydroxyl groups is 1. The van der Waals surface area contributed by atoms with E-state index in [4.69, 9.17) is 17.4 Å². The van der Waals surface area contributed by atoms with E-state index >= 15 is 0 Å². The summed E-state index contributed by atoms with van der Waals surface area (Å²) in [5.41, 5.74) is 5.46. The fourth-order valence-electron chi connectivity index (χ4n) is 0.470. The van der Waals surface area contributed by atoms with Crippen molar-refractivity contribution in [3.63, 3.8) is 0 Å². The van der Waals surface area contributed by atoms with E-state index in [9.17, 15) is 0 Å². The van der Waals surface area contributed by atoms with Crippen LogP contribution in [0, 0.1) is 6.57 Å². The number of nitrogen functional groups attached to an aromatic ring is 1. The van der Waals surface area contributed by atoms with Gasteiger partial charge in [0.1, 0.15) is 5.75 Å². The third kappa shape index (κ3) is 0.819. The van der Waals surface area contributed by atoms with Gasteiger partial charge in [0.25, 0.3) is 5.69 Å². The summed E-state index contributed by atoms with van der Waals surface area (Å²) in [6, 6.07) is 0. The molecule has 4 heteroatoms. The Balaban J connectivity index is 3.27. The minimum atomic E-state index is -0.0208. The Bertz CT molecular complexity index is 241. The van der Waals surface area contributed by atoms with Crippen LogP contribution < -0.4 is 5.73 Å². The predicted octanol–water partition coefficient (Wildman–Crippen LogP) is 1.59. The maximum absolute atomic E-state index is 8.85. The van der Waals surface area contributed by atoms with Gasteiger partial charge in [0.05, 0.1) is 11.6 Å². The molecule has 1 aromatic heterocycles. The van der Waals surface area contributed by atoms with Crippen molar-refractivity contribution in [2.24, 2.45) is 0 Å². The first-order chi connectivity index (χ1) is 4.25. The molecular weight excluding hydrogens is 136 g/mol. The van der Waals surface area contributed by atoms with E-state index in [1.54, 1.807) is 0 Å². The smallest absolute Gasteiger partial charge is 0.260 e. The molecule has 46 valence electrons. The second-order valence-electron chi connectivity index (χ2n) is 1.45. The highest BCUT2D eigenvalue weighted by atomic mass is 32.1. The third-order valence-corrected chi connectivity index (χ3v) is 1.67. The summed E-state index contributed by atoms with van der Waals surface area (Å²) in [7, 11) is 0. The van der Waals surface area contributed by atoms with Crippen molar-refractivity contribution in [1.82, 2.24) is 0 Å². The molecule has 0 unspecified atom stereocenters. The maximum atomic E-state index is 8.85. The van der Waals surface area contributed by atoms with Crippen LogP contribution >= 0.6 is 11.3 Å². The first-order valence-electron chi connectivity index (χ1n) is 2.19. The molecule has 0 fully saturated rings. The fourth-order valence-corrected chi connectivity index (χ4v) is 1.08. The van der Waals surface area contributed by atoms with Gasteiger partial charge in [-0.15, -0.1) is 11.3 Å². The van der Waals surface area contributed by atoms with E-state index in [0.717, 1.165) is 0 Å². The molecule has 1 aromatic rings. The molecule has 0 aliphatic rings. The first-order valence-corrected chi connectivity index (χ1v) is 3.07. The summed E-state index contributed by atoms with van der Waals surface area (Å²) in [6.45, 7) is 6.53. The molecule has 0 saturated carbocycles. The van der Waals surface area contributed by atoms with Crippen LogP contribution in [0.4, 0.5) is 10.7 Å². The van der Waals surface area contributed by atoms with Crippen molar-refractivity contribution in [3.05, 3.63) is 16.8 Å². The van der Waals surface area contributed by atoms with Crippen LogP contribution in [0.5, 0.6) is 5.75 Å². The van der Waals surface area contributed by atoms with Gasteiger partial charge in [0.15, 0.2) is 0 Å². The average molecular weight is 140 g/mol. The first kappa shape index (κ1) is 5.92. The van der Waals surface area contributed by atoms with Crippen molar-refractivity contribution < 1.29 is 5.11 Å². The zero-order valence-corrected chi connectivity index (χ0v) is 5.27. The highest BCUT2D eigenvalue weighted by Crippen LogP contribution is 2.38. The number of anilines is 1. The Labute approximate surface area is 56.2 Å². The number of nitrogens with zero attached hydrogens (tertiary/aromatic N) is 1. The normalized spacial score (nSPS) is 8.78. The maximum Gasteiger partial charge on any atom is 0.260 e. The van der Waals surface area contributed by atoms with E-state index in [1.165, 1.54) is 16.7 Å². The summed E-state index contributed by atoms with van der Waals surface area (Å²) < 4.78 is 0. The number of nitrogens with two attached hydrogens (primary N) is 1. The van der Waals surface area contributed by atoms with Crippen LogP contribution in [0.3, 0.4) is 0 Å². The average Bonchev–Trinajstić information content (AvgIpc) is 2.12. The highest BCUT2D eigenvalue weighted by molar-refractivity contribution is 7.15. The van der Waals surface area contributed by atoms with E-state index < -0.39 is 0 Å². The van der Waals surface area contributed by atoms with Crippen molar-refractivity contribution >= 4 is 22.0 Å². The van der Waals surface area contributed by atoms with E-state index in [2.05, 4.69) is 4.85 Å². The van der Waals surface area contributed by atoms with Gasteiger partial charge in [0.2, 0.25) is 0 Å². The summed E-state index contributed by atoms with van der Waals surface area (Å²) >= 11 is 1.17. The summed E-state index contributed by atoms with van der Waals surface area (Å²) in [5, 5.41) is 10.7. The van der Waals surface area contributed by atoms with E-state index in [-0.39, 0.29) is 11.4 Å². The largest absolute Gasteiger partial charge is 0.518 e. The summed E-state index contributed by atoms with van der Waals surface area (Å²) in [4.78, 5) is 3.02. The van der Waals surface area contributed by atoms with Crippen molar-refractivity contribution in [2.75, 3.05) is 5.73 Å². The lowest BCUT2D eigenvalue weighted by Crippen LogP contribution is -1.74. The molecule has 0 saturated heterocycles. The van der Waals surface area contributed by atoms with Crippen LogP contribution in [0.25, 0.3) is 4.85 Å². The van der Waals surface area contributed by atoms with Crippen molar-refractivity contribution in [1.29, 1.82) is 0 Å². The Morgan fingerprint density at radius 1 is 1.78 bits per heavy atom. The summed E-state index contributed by atoms with van der Waals surface area (Å²) in [5.74, 6) is -0.0208. The van der Waals surface area contributed by atoms with Gasteiger partial charge in [-0.05, 0) is 0 Å². The SMILES string of the molecule is [C-]#[N+]c1c(O)csc1N. The van der Waals surface area contributed by atoms with Gasteiger partial charge in [-0.1, -0.05) is 0 Å². The third-order valence-electron chi connectivity index (χ3n) is 0.885. The van der Waals surface area contributed by atoms with Crippen LogP contribution in [0.15, 0.2) is 5.38 Å². The minimum Gasteiger partial charge on any atom is -0.518 e. The lowest BCUT2D eigenvalue weighted by atomic mass is 10.5. The van der Waals surface area contributed by atoms with E-state index in [0.29, 0.717) is 5.00 Å². The Morgan fingerprint density at radius 2 is 2.44 bits per heavy atom. The zero-order valence-electron chi connectivity index (χ0n) is 4.46. The van der Waals surface area contributed by atoms with Crippen molar-refractivity contribution in [2.45, 2.75) is 0 Å². The van der Waals surface area contributed by atoms with Gasteiger partial charge in [-0.25, -0.2) is 4.85 Å². The van der Waals surface area contributed by atoms with Gasteiger partial charge in [-0.3, -0.25) is 0 Å². The van der Waals surface area contributed by atoms with Gasteiger partial charge >= 0.3 is 0 Å². The second kappa shape index (κ2) is 1.96. The van der Waals surface area contributed by atoms with Crippen LogP contribution in [-0.2, 0) is 0 Å². The lowest BCUT2D eigenvalue weighted by molar-refractivity contribution is 0.481. The number of thiophene rings is 1. The molecule has 0 spiro atoms. The summed E-state index contributed by atoms with van der Waals surface area (Å²) in [6.07, 6.45) is 0. The zero-order chi connectivity index (χ0) is 6.85.